The van der Waals surface area contributed by atoms with E-state index in [1.807, 2.05) is 0 Å². The number of rotatable bonds is 65. The van der Waals surface area contributed by atoms with Crippen LogP contribution in [0.2, 0.25) is 0 Å². The second-order valence-electron chi connectivity index (χ2n) is 23.8. The third-order valence-corrected chi connectivity index (χ3v) is 16.0. The molecule has 454 valence electrons. The van der Waals surface area contributed by atoms with E-state index >= 15 is 0 Å². The zero-order valence-electron chi connectivity index (χ0n) is 52.3. The highest BCUT2D eigenvalue weighted by Gasteiger charge is 2.19. The summed E-state index contributed by atoms with van der Waals surface area (Å²) in [4.78, 5) is 38.4. The predicted molar refractivity (Wildman–Crippen MR) is 335 cm³/mol. The number of carbonyl (C=O) groups excluding carboxylic acids is 3. The van der Waals surface area contributed by atoms with E-state index in [0.29, 0.717) is 19.3 Å². The van der Waals surface area contributed by atoms with Crippen LogP contribution < -0.4 is 0 Å². The van der Waals surface area contributed by atoms with Crippen LogP contribution in [-0.2, 0) is 28.6 Å². The predicted octanol–water partition coefficient (Wildman–Crippen LogP) is 23.8. The lowest BCUT2D eigenvalue weighted by atomic mass is 10.0. The summed E-state index contributed by atoms with van der Waals surface area (Å²) in [5.41, 5.74) is 0. The zero-order valence-corrected chi connectivity index (χ0v) is 52.3. The summed E-state index contributed by atoms with van der Waals surface area (Å²) in [7, 11) is 0. The fraction of sp³-hybridized carbons (Fsp3) is 0.901. The van der Waals surface area contributed by atoms with Crippen molar-refractivity contribution in [3.63, 3.8) is 0 Å². The topological polar surface area (TPSA) is 78.9 Å². The van der Waals surface area contributed by atoms with Crippen LogP contribution in [0, 0.1) is 0 Å². The zero-order chi connectivity index (χ0) is 55.7. The summed E-state index contributed by atoms with van der Waals surface area (Å²) >= 11 is 0. The van der Waals surface area contributed by atoms with Crippen molar-refractivity contribution < 1.29 is 28.6 Å². The van der Waals surface area contributed by atoms with Gasteiger partial charge >= 0.3 is 17.9 Å². The third kappa shape index (κ3) is 64.6. The van der Waals surface area contributed by atoms with Crippen molar-refractivity contribution in [2.24, 2.45) is 0 Å². The van der Waals surface area contributed by atoms with E-state index in [1.54, 1.807) is 0 Å². The maximum absolute atomic E-state index is 13.0. The molecule has 6 nitrogen and oxygen atoms in total. The SMILES string of the molecule is CCCCC/C=C\C/C=C\CCCCCCCCCC(=O)OCC(COC(=O)CCCCCCCCCCCCCCCCCCCCCCC)OC(=O)CCCCCCCCCCCCCCCCCCCCCCC. The number of hydrogen-bond donors (Lipinski definition) is 0. The van der Waals surface area contributed by atoms with Crippen LogP contribution in [0.25, 0.3) is 0 Å². The molecule has 6 heteroatoms. The first kappa shape index (κ1) is 74.9. The van der Waals surface area contributed by atoms with Crippen LogP contribution in [0.5, 0.6) is 0 Å². The van der Waals surface area contributed by atoms with Gasteiger partial charge in [0.05, 0.1) is 0 Å². The van der Waals surface area contributed by atoms with Gasteiger partial charge in [-0.25, -0.2) is 0 Å². The van der Waals surface area contributed by atoms with Crippen molar-refractivity contribution in [3.05, 3.63) is 24.3 Å². The summed E-state index contributed by atoms with van der Waals surface area (Å²) in [6, 6.07) is 0. The van der Waals surface area contributed by atoms with Crippen molar-refractivity contribution in [2.75, 3.05) is 13.2 Å². The molecule has 1 unspecified atom stereocenters. The van der Waals surface area contributed by atoms with Gasteiger partial charge in [-0.2, -0.15) is 0 Å². The lowest BCUT2D eigenvalue weighted by Crippen LogP contribution is -2.30. The Balaban J connectivity index is 4.29. The van der Waals surface area contributed by atoms with Gasteiger partial charge in [-0.1, -0.05) is 347 Å². The Morgan fingerprint density at radius 2 is 0.468 bits per heavy atom. The number of esters is 3. The van der Waals surface area contributed by atoms with Crippen LogP contribution >= 0.6 is 0 Å². The molecule has 1 atom stereocenters. The molecule has 0 bridgehead atoms. The first-order valence-corrected chi connectivity index (χ1v) is 34.8. The van der Waals surface area contributed by atoms with E-state index < -0.39 is 6.10 Å². The van der Waals surface area contributed by atoms with Gasteiger partial charge in [-0.3, -0.25) is 14.4 Å². The molecule has 0 saturated heterocycles. The van der Waals surface area contributed by atoms with E-state index in [0.717, 1.165) is 70.6 Å². The normalized spacial score (nSPS) is 12.1. The summed E-state index contributed by atoms with van der Waals surface area (Å²) in [6.45, 7) is 6.70. The summed E-state index contributed by atoms with van der Waals surface area (Å²) < 4.78 is 17.0. The van der Waals surface area contributed by atoms with Gasteiger partial charge in [0.1, 0.15) is 13.2 Å². The minimum atomic E-state index is -0.771. The summed E-state index contributed by atoms with van der Waals surface area (Å²) in [5, 5.41) is 0. The molecule has 0 fully saturated rings. The van der Waals surface area contributed by atoms with E-state index in [1.165, 1.54) is 283 Å². The Morgan fingerprint density at radius 1 is 0.260 bits per heavy atom. The standard InChI is InChI=1S/C71H134O6/c1-4-7-10-13-16-19-22-25-28-31-33-35-37-40-43-46-49-52-55-58-61-64-70(73)76-67-68(66-75-69(72)63-60-57-54-51-48-45-42-39-30-27-24-21-18-15-12-9-6-3)77-71(74)65-62-59-56-53-50-47-44-41-38-36-34-32-29-26-23-20-17-14-11-8-5-2/h18,21,27,30,68H,4-17,19-20,22-26,28-29,31-67H2,1-3H3/b21-18-,30-27-. The molecule has 77 heavy (non-hydrogen) atoms. The maximum Gasteiger partial charge on any atom is 0.306 e. The van der Waals surface area contributed by atoms with Crippen molar-refractivity contribution in [1.82, 2.24) is 0 Å². The minimum absolute atomic E-state index is 0.0671. The maximum atomic E-state index is 13.0. The lowest BCUT2D eigenvalue weighted by Gasteiger charge is -2.18. The first-order valence-electron chi connectivity index (χ1n) is 34.8. The van der Waals surface area contributed by atoms with E-state index in [9.17, 15) is 14.4 Å². The van der Waals surface area contributed by atoms with Crippen molar-refractivity contribution in [3.8, 4) is 0 Å². The third-order valence-electron chi connectivity index (χ3n) is 16.0. The second-order valence-corrected chi connectivity index (χ2v) is 23.8. The van der Waals surface area contributed by atoms with Crippen molar-refractivity contribution in [2.45, 2.75) is 399 Å². The Kier molecular flexibility index (Phi) is 64.6. The van der Waals surface area contributed by atoms with Crippen LogP contribution in [0.3, 0.4) is 0 Å². The quantitative estimate of drug-likeness (QED) is 0.0261. The van der Waals surface area contributed by atoms with Crippen molar-refractivity contribution in [1.29, 1.82) is 0 Å². The summed E-state index contributed by atoms with van der Waals surface area (Å²) in [5.74, 6) is -0.841. The molecule has 0 aromatic heterocycles. The molecule has 0 heterocycles. The molecule has 0 saturated carbocycles. The van der Waals surface area contributed by atoms with Gasteiger partial charge in [-0.15, -0.1) is 0 Å². The molecule has 0 aromatic rings. The lowest BCUT2D eigenvalue weighted by molar-refractivity contribution is -0.167. The van der Waals surface area contributed by atoms with Gasteiger partial charge in [0.2, 0.25) is 0 Å². The summed E-state index contributed by atoms with van der Waals surface area (Å²) in [6.07, 6.45) is 80.5. The molecule has 0 aromatic carbocycles. The first-order chi connectivity index (χ1) is 38.0. The van der Waals surface area contributed by atoms with E-state index in [-0.39, 0.29) is 31.1 Å². The van der Waals surface area contributed by atoms with Gasteiger partial charge in [0.25, 0.3) is 0 Å². The van der Waals surface area contributed by atoms with Crippen LogP contribution in [0.1, 0.15) is 393 Å². The molecule has 0 rings (SSSR count). The number of unbranched alkanes of at least 4 members (excludes halogenated alkanes) is 50. The molecule has 0 amide bonds. The molecule has 0 aliphatic heterocycles. The largest absolute Gasteiger partial charge is 0.462 e. The number of hydrogen-bond acceptors (Lipinski definition) is 6. The highest BCUT2D eigenvalue weighted by atomic mass is 16.6. The van der Waals surface area contributed by atoms with Crippen LogP contribution in [0.4, 0.5) is 0 Å². The fourth-order valence-corrected chi connectivity index (χ4v) is 10.7. The average Bonchev–Trinajstić information content (AvgIpc) is 3.43. The van der Waals surface area contributed by atoms with Gasteiger partial charge in [0, 0.05) is 19.3 Å². The molecule has 0 aliphatic carbocycles. The van der Waals surface area contributed by atoms with Crippen molar-refractivity contribution >= 4 is 17.9 Å². The number of ether oxygens (including phenoxy) is 3. The van der Waals surface area contributed by atoms with Crippen LogP contribution in [-0.4, -0.2) is 37.2 Å². The monoisotopic (exact) mass is 1080 g/mol. The van der Waals surface area contributed by atoms with Crippen LogP contribution in [0.15, 0.2) is 24.3 Å². The molecule has 0 radical (unpaired) electrons. The average molecular weight is 1080 g/mol. The Bertz CT molecular complexity index is 1240. The Morgan fingerprint density at radius 3 is 0.740 bits per heavy atom. The molecular weight excluding hydrogens is 949 g/mol. The second kappa shape index (κ2) is 66.4. The fourth-order valence-electron chi connectivity index (χ4n) is 10.7. The Labute approximate surface area is 481 Å². The molecule has 0 spiro atoms. The smallest absolute Gasteiger partial charge is 0.306 e. The van der Waals surface area contributed by atoms with E-state index in [2.05, 4.69) is 45.1 Å². The number of allylic oxidation sites excluding steroid dienone is 4. The van der Waals surface area contributed by atoms with Gasteiger partial charge in [-0.05, 0) is 51.4 Å². The highest BCUT2D eigenvalue weighted by Crippen LogP contribution is 2.19. The molecule has 0 N–H and O–H groups in total. The molecule has 0 aliphatic rings. The van der Waals surface area contributed by atoms with E-state index in [4.69, 9.17) is 14.2 Å². The Hall–Kier alpha value is -2.11. The van der Waals surface area contributed by atoms with Gasteiger partial charge in [0.15, 0.2) is 6.10 Å². The number of carbonyl (C=O) groups is 3. The molecular formula is C71H134O6. The van der Waals surface area contributed by atoms with Gasteiger partial charge < -0.3 is 14.2 Å². The minimum Gasteiger partial charge on any atom is -0.462 e. The highest BCUT2D eigenvalue weighted by molar-refractivity contribution is 5.71.